The van der Waals surface area contributed by atoms with E-state index in [1.165, 1.54) is 37.7 Å². The molecule has 0 heterocycles. The zero-order valence-electron chi connectivity index (χ0n) is 10.8. The third-order valence-electron chi connectivity index (χ3n) is 2.75. The molecule has 0 N–H and O–H groups in total. The Morgan fingerprint density at radius 1 is 1.25 bits per heavy atom. The third kappa shape index (κ3) is 7.22. The van der Waals surface area contributed by atoms with Crippen LogP contribution in [0.4, 0.5) is 0 Å². The first-order chi connectivity index (χ1) is 7.76. The van der Waals surface area contributed by atoms with Crippen LogP contribution in [0.2, 0.25) is 0 Å². The molecule has 0 aliphatic heterocycles. The van der Waals surface area contributed by atoms with Crippen molar-refractivity contribution in [3.05, 3.63) is 37.1 Å². The lowest BCUT2D eigenvalue weighted by Crippen LogP contribution is -1.97. The Balaban J connectivity index is 4.04. The van der Waals surface area contributed by atoms with Crippen LogP contribution in [-0.4, -0.2) is 6.21 Å². The summed E-state index contributed by atoms with van der Waals surface area (Å²) in [4.78, 5) is 3.97. The van der Waals surface area contributed by atoms with Crippen LogP contribution in [-0.2, 0) is 0 Å². The Kier molecular flexibility index (Phi) is 9.69. The van der Waals surface area contributed by atoms with Crippen molar-refractivity contribution in [2.24, 2.45) is 10.9 Å². The average molecular weight is 219 g/mol. The van der Waals surface area contributed by atoms with Gasteiger partial charge in [0, 0.05) is 12.4 Å². The molecule has 0 spiro atoms. The van der Waals surface area contributed by atoms with Gasteiger partial charge in [-0.05, 0) is 24.0 Å². The quantitative estimate of drug-likeness (QED) is 0.296. The molecule has 0 radical (unpaired) electrons. The molecule has 0 aromatic carbocycles. The number of allylic oxidation sites excluding steroid dienone is 3. The molecule has 0 aromatic heterocycles. The molecule has 0 rings (SSSR count). The first-order valence-electron chi connectivity index (χ1n) is 6.22. The second-order valence-electron chi connectivity index (χ2n) is 4.10. The molecule has 0 saturated heterocycles. The SMILES string of the molecule is C=CN=C/C=C(\C=C)C(C)CCCCCC. The van der Waals surface area contributed by atoms with Gasteiger partial charge in [0.15, 0.2) is 0 Å². The van der Waals surface area contributed by atoms with Crippen LogP contribution in [0.3, 0.4) is 0 Å². The van der Waals surface area contributed by atoms with E-state index in [9.17, 15) is 0 Å². The minimum atomic E-state index is 0.575. The maximum absolute atomic E-state index is 3.97. The van der Waals surface area contributed by atoms with Crippen LogP contribution in [0, 0.1) is 5.92 Å². The van der Waals surface area contributed by atoms with E-state index in [0.717, 1.165) is 0 Å². The Bertz CT molecular complexity index is 248. The molecular weight excluding hydrogens is 194 g/mol. The predicted molar refractivity (Wildman–Crippen MR) is 74.9 cm³/mol. The molecule has 16 heavy (non-hydrogen) atoms. The molecule has 0 aliphatic rings. The predicted octanol–water partition coefficient (Wildman–Crippen LogP) is 4.92. The summed E-state index contributed by atoms with van der Waals surface area (Å²) in [6, 6.07) is 0. The van der Waals surface area contributed by atoms with Crippen LogP contribution in [0.1, 0.15) is 46.0 Å². The maximum Gasteiger partial charge on any atom is 0.0270 e. The van der Waals surface area contributed by atoms with E-state index in [0.29, 0.717) is 5.92 Å². The van der Waals surface area contributed by atoms with Crippen molar-refractivity contribution in [1.29, 1.82) is 0 Å². The second kappa shape index (κ2) is 10.4. The Hall–Kier alpha value is -1.11. The standard InChI is InChI=1S/C15H25N/c1-5-8-9-10-11-14(4)15(6-2)12-13-16-7-3/h6-7,12-14H,2-3,5,8-11H2,1,4H3/b15-12+,16-13?. The van der Waals surface area contributed by atoms with Gasteiger partial charge in [0.25, 0.3) is 0 Å². The molecule has 1 atom stereocenters. The van der Waals surface area contributed by atoms with Crippen LogP contribution in [0.5, 0.6) is 0 Å². The topological polar surface area (TPSA) is 12.4 Å². The Labute approximate surface area is 101 Å². The van der Waals surface area contributed by atoms with Crippen molar-refractivity contribution in [3.63, 3.8) is 0 Å². The van der Waals surface area contributed by atoms with Crippen molar-refractivity contribution >= 4 is 6.21 Å². The second-order valence-corrected chi connectivity index (χ2v) is 4.10. The minimum absolute atomic E-state index is 0.575. The number of nitrogens with zero attached hydrogens (tertiary/aromatic N) is 1. The number of hydrogen-bond donors (Lipinski definition) is 0. The van der Waals surface area contributed by atoms with E-state index in [1.54, 1.807) is 12.4 Å². The van der Waals surface area contributed by atoms with Crippen molar-refractivity contribution < 1.29 is 0 Å². The van der Waals surface area contributed by atoms with Crippen molar-refractivity contribution in [3.8, 4) is 0 Å². The lowest BCUT2D eigenvalue weighted by Gasteiger charge is -2.11. The van der Waals surface area contributed by atoms with Gasteiger partial charge in [-0.15, -0.1) is 0 Å². The molecule has 0 fully saturated rings. The molecular formula is C15H25N. The molecule has 1 unspecified atom stereocenters. The molecule has 0 aromatic rings. The Morgan fingerprint density at radius 2 is 2.00 bits per heavy atom. The minimum Gasteiger partial charge on any atom is -0.265 e. The van der Waals surface area contributed by atoms with Gasteiger partial charge in [-0.2, -0.15) is 0 Å². The summed E-state index contributed by atoms with van der Waals surface area (Å²) in [6.45, 7) is 11.9. The summed E-state index contributed by atoms with van der Waals surface area (Å²) in [6.07, 6.45) is 13.8. The fourth-order valence-corrected chi connectivity index (χ4v) is 1.67. The lowest BCUT2D eigenvalue weighted by molar-refractivity contribution is 0.549. The highest BCUT2D eigenvalue weighted by molar-refractivity contribution is 5.73. The molecule has 1 heteroatoms. The van der Waals surface area contributed by atoms with E-state index >= 15 is 0 Å². The van der Waals surface area contributed by atoms with Crippen LogP contribution < -0.4 is 0 Å². The van der Waals surface area contributed by atoms with Crippen molar-refractivity contribution in [2.45, 2.75) is 46.0 Å². The highest BCUT2D eigenvalue weighted by Crippen LogP contribution is 2.18. The van der Waals surface area contributed by atoms with Gasteiger partial charge in [-0.1, -0.05) is 58.8 Å². The zero-order chi connectivity index (χ0) is 12.2. The molecule has 90 valence electrons. The van der Waals surface area contributed by atoms with Crippen LogP contribution in [0.15, 0.2) is 42.1 Å². The number of hydrogen-bond acceptors (Lipinski definition) is 1. The van der Waals surface area contributed by atoms with Gasteiger partial charge in [0.1, 0.15) is 0 Å². The van der Waals surface area contributed by atoms with Crippen molar-refractivity contribution in [1.82, 2.24) is 0 Å². The maximum atomic E-state index is 3.97. The molecule has 0 bridgehead atoms. The lowest BCUT2D eigenvalue weighted by atomic mass is 9.94. The molecule has 0 amide bonds. The average Bonchev–Trinajstić information content (AvgIpc) is 2.30. The van der Waals surface area contributed by atoms with Gasteiger partial charge in [-0.3, -0.25) is 4.99 Å². The Morgan fingerprint density at radius 3 is 2.56 bits per heavy atom. The number of aliphatic imine (C=N–C) groups is 1. The van der Waals surface area contributed by atoms with Gasteiger partial charge >= 0.3 is 0 Å². The first kappa shape index (κ1) is 14.9. The zero-order valence-corrected chi connectivity index (χ0v) is 10.8. The van der Waals surface area contributed by atoms with Gasteiger partial charge in [0.2, 0.25) is 0 Å². The smallest absolute Gasteiger partial charge is 0.0270 e. The first-order valence-corrected chi connectivity index (χ1v) is 6.22. The summed E-state index contributed by atoms with van der Waals surface area (Å²) in [7, 11) is 0. The van der Waals surface area contributed by atoms with E-state index in [-0.39, 0.29) is 0 Å². The molecule has 1 nitrogen and oxygen atoms in total. The third-order valence-corrected chi connectivity index (χ3v) is 2.75. The monoisotopic (exact) mass is 219 g/mol. The van der Waals surface area contributed by atoms with Crippen LogP contribution >= 0.6 is 0 Å². The van der Waals surface area contributed by atoms with E-state index < -0.39 is 0 Å². The number of rotatable bonds is 9. The van der Waals surface area contributed by atoms with Gasteiger partial charge in [-0.25, -0.2) is 0 Å². The summed E-state index contributed by atoms with van der Waals surface area (Å²) in [5.41, 5.74) is 1.27. The number of unbranched alkanes of at least 4 members (excludes halogenated alkanes) is 3. The highest BCUT2D eigenvalue weighted by atomic mass is 14.6. The fourth-order valence-electron chi connectivity index (χ4n) is 1.67. The van der Waals surface area contributed by atoms with E-state index in [4.69, 9.17) is 0 Å². The summed E-state index contributed by atoms with van der Waals surface area (Å²) < 4.78 is 0. The fraction of sp³-hybridized carbons (Fsp3) is 0.533. The molecule has 0 aliphatic carbocycles. The highest BCUT2D eigenvalue weighted by Gasteiger charge is 2.04. The van der Waals surface area contributed by atoms with Gasteiger partial charge in [0.05, 0.1) is 0 Å². The summed E-state index contributed by atoms with van der Waals surface area (Å²) in [5.74, 6) is 0.575. The van der Waals surface area contributed by atoms with Crippen molar-refractivity contribution in [2.75, 3.05) is 0 Å². The largest absolute Gasteiger partial charge is 0.265 e. The van der Waals surface area contributed by atoms with E-state index in [1.807, 2.05) is 12.2 Å². The summed E-state index contributed by atoms with van der Waals surface area (Å²) in [5, 5.41) is 0. The summed E-state index contributed by atoms with van der Waals surface area (Å²) >= 11 is 0. The molecule has 0 saturated carbocycles. The normalized spacial score (nSPS) is 14.0. The van der Waals surface area contributed by atoms with E-state index in [2.05, 4.69) is 32.0 Å². The van der Waals surface area contributed by atoms with Gasteiger partial charge < -0.3 is 0 Å². The van der Waals surface area contributed by atoms with Crippen LogP contribution in [0.25, 0.3) is 0 Å².